The monoisotopic (exact) mass is 461 g/mol. The highest BCUT2D eigenvalue weighted by molar-refractivity contribution is 9.10. The summed E-state index contributed by atoms with van der Waals surface area (Å²) in [5.74, 6) is -1.12. The van der Waals surface area contributed by atoms with Gasteiger partial charge >= 0.3 is 0 Å². The van der Waals surface area contributed by atoms with Gasteiger partial charge in [-0.05, 0) is 34.1 Å². The Balaban J connectivity index is 1.74. The second kappa shape index (κ2) is 7.59. The van der Waals surface area contributed by atoms with E-state index in [0.29, 0.717) is 4.47 Å². The van der Waals surface area contributed by atoms with Gasteiger partial charge in [-0.1, -0.05) is 23.7 Å². The lowest BCUT2D eigenvalue weighted by Gasteiger charge is -2.34. The zero-order valence-corrected chi connectivity index (χ0v) is 16.6. The molecule has 1 aromatic carbocycles. The van der Waals surface area contributed by atoms with Crippen LogP contribution in [-0.4, -0.2) is 54.7 Å². The molecule has 0 spiro atoms. The second-order valence-corrected chi connectivity index (χ2v) is 8.80. The molecular formula is C16H14BrClFN3O3S. The Morgan fingerprint density at radius 1 is 1.19 bits per heavy atom. The summed E-state index contributed by atoms with van der Waals surface area (Å²) in [7, 11) is -3.95. The molecule has 0 saturated carbocycles. The number of hydrogen-bond acceptors (Lipinski definition) is 4. The molecule has 10 heteroatoms. The number of aromatic nitrogens is 1. The molecule has 0 aliphatic carbocycles. The standard InChI is InChI=1S/C16H14BrClFN3O3S/c17-11-9-12(15(18)20-10-11)16(23)21-5-7-22(8-6-21)26(24,25)14-4-2-1-3-13(14)19/h1-4,9-10H,5-8H2. The largest absolute Gasteiger partial charge is 0.336 e. The van der Waals surface area contributed by atoms with Crippen molar-refractivity contribution in [2.75, 3.05) is 26.2 Å². The summed E-state index contributed by atoms with van der Waals surface area (Å²) in [5, 5.41) is 0.0830. The normalized spacial score (nSPS) is 15.9. The molecule has 1 aliphatic rings. The Kier molecular flexibility index (Phi) is 5.61. The van der Waals surface area contributed by atoms with Crippen LogP contribution in [0.4, 0.5) is 4.39 Å². The molecule has 0 N–H and O–H groups in total. The molecule has 1 amide bonds. The summed E-state index contributed by atoms with van der Waals surface area (Å²) in [6.07, 6.45) is 1.48. The van der Waals surface area contributed by atoms with Crippen molar-refractivity contribution in [3.05, 3.63) is 57.5 Å². The highest BCUT2D eigenvalue weighted by Gasteiger charge is 2.32. The van der Waals surface area contributed by atoms with Gasteiger partial charge in [-0.25, -0.2) is 17.8 Å². The van der Waals surface area contributed by atoms with Crippen LogP contribution in [0, 0.1) is 5.82 Å². The molecule has 2 aromatic rings. The maximum Gasteiger partial charge on any atom is 0.257 e. The molecule has 0 radical (unpaired) electrons. The van der Waals surface area contributed by atoms with Gasteiger partial charge in [-0.3, -0.25) is 4.79 Å². The number of nitrogens with zero attached hydrogens (tertiary/aromatic N) is 3. The summed E-state index contributed by atoms with van der Waals surface area (Å²) < 4.78 is 40.8. The summed E-state index contributed by atoms with van der Waals surface area (Å²) in [5.41, 5.74) is 0.242. The van der Waals surface area contributed by atoms with E-state index in [1.165, 1.54) is 33.6 Å². The third-order valence-electron chi connectivity index (χ3n) is 4.02. The molecule has 1 aliphatic heterocycles. The molecule has 1 aromatic heterocycles. The first-order valence-electron chi connectivity index (χ1n) is 7.65. The quantitative estimate of drug-likeness (QED) is 0.658. The minimum atomic E-state index is -3.95. The van der Waals surface area contributed by atoms with Crippen molar-refractivity contribution in [1.29, 1.82) is 0 Å². The third kappa shape index (κ3) is 3.75. The van der Waals surface area contributed by atoms with E-state index in [9.17, 15) is 17.6 Å². The maximum atomic E-state index is 13.9. The lowest BCUT2D eigenvalue weighted by molar-refractivity contribution is 0.0697. The van der Waals surface area contributed by atoms with Crippen LogP contribution in [0.1, 0.15) is 10.4 Å². The molecule has 1 saturated heterocycles. The van der Waals surface area contributed by atoms with Crippen molar-refractivity contribution >= 4 is 43.5 Å². The highest BCUT2D eigenvalue weighted by atomic mass is 79.9. The van der Waals surface area contributed by atoms with Crippen LogP contribution >= 0.6 is 27.5 Å². The number of rotatable bonds is 3. The highest BCUT2D eigenvalue weighted by Crippen LogP contribution is 2.23. The number of carbonyl (C=O) groups is 1. The number of hydrogen-bond donors (Lipinski definition) is 0. The van der Waals surface area contributed by atoms with Gasteiger partial charge in [0.25, 0.3) is 5.91 Å². The van der Waals surface area contributed by atoms with E-state index in [4.69, 9.17) is 11.6 Å². The third-order valence-corrected chi connectivity index (χ3v) is 6.68. The Bertz CT molecular complexity index is 950. The van der Waals surface area contributed by atoms with Crippen LogP contribution in [-0.2, 0) is 10.0 Å². The number of amides is 1. The smallest absolute Gasteiger partial charge is 0.257 e. The van der Waals surface area contributed by atoms with E-state index in [1.807, 2.05) is 0 Å². The Morgan fingerprint density at radius 2 is 1.85 bits per heavy atom. The molecule has 1 fully saturated rings. The van der Waals surface area contributed by atoms with Gasteiger partial charge in [0, 0.05) is 36.8 Å². The number of sulfonamides is 1. The minimum absolute atomic E-state index is 0.0709. The van der Waals surface area contributed by atoms with Crippen molar-refractivity contribution in [1.82, 2.24) is 14.2 Å². The summed E-state index contributed by atoms with van der Waals surface area (Å²) in [4.78, 5) is 17.7. The number of pyridine rings is 1. The van der Waals surface area contributed by atoms with E-state index in [-0.39, 0.29) is 47.7 Å². The molecule has 26 heavy (non-hydrogen) atoms. The van der Waals surface area contributed by atoms with Gasteiger partial charge in [-0.15, -0.1) is 0 Å². The van der Waals surface area contributed by atoms with Crippen LogP contribution < -0.4 is 0 Å². The van der Waals surface area contributed by atoms with Crippen LogP contribution in [0.15, 0.2) is 45.9 Å². The summed E-state index contributed by atoms with van der Waals surface area (Å²) in [6, 6.07) is 6.81. The van der Waals surface area contributed by atoms with Gasteiger partial charge in [-0.2, -0.15) is 4.31 Å². The van der Waals surface area contributed by atoms with E-state index >= 15 is 0 Å². The van der Waals surface area contributed by atoms with Crippen LogP contribution in [0.2, 0.25) is 5.15 Å². The summed E-state index contributed by atoms with van der Waals surface area (Å²) in [6.45, 7) is 0.494. The molecule has 3 rings (SSSR count). The molecule has 0 bridgehead atoms. The topological polar surface area (TPSA) is 70.6 Å². The SMILES string of the molecule is O=C(c1cc(Br)cnc1Cl)N1CCN(S(=O)(=O)c2ccccc2F)CC1. The first-order valence-corrected chi connectivity index (χ1v) is 10.3. The van der Waals surface area contributed by atoms with Gasteiger partial charge in [0.2, 0.25) is 10.0 Å². The zero-order chi connectivity index (χ0) is 18.9. The molecule has 138 valence electrons. The molecule has 2 heterocycles. The number of carbonyl (C=O) groups excluding carboxylic acids is 1. The van der Waals surface area contributed by atoms with Crippen LogP contribution in [0.25, 0.3) is 0 Å². The fraction of sp³-hybridized carbons (Fsp3) is 0.250. The number of halogens is 3. The van der Waals surface area contributed by atoms with Crippen molar-refractivity contribution in [3.8, 4) is 0 Å². The fourth-order valence-electron chi connectivity index (χ4n) is 2.67. The Morgan fingerprint density at radius 3 is 2.50 bits per heavy atom. The Hall–Kier alpha value is -1.55. The number of benzene rings is 1. The minimum Gasteiger partial charge on any atom is -0.336 e. The average Bonchev–Trinajstić information content (AvgIpc) is 2.63. The Labute approximate surface area is 163 Å². The van der Waals surface area contributed by atoms with Crippen molar-refractivity contribution in [2.45, 2.75) is 4.90 Å². The van der Waals surface area contributed by atoms with E-state index in [1.54, 1.807) is 6.07 Å². The first-order chi connectivity index (χ1) is 12.3. The van der Waals surface area contributed by atoms with Gasteiger partial charge in [0.1, 0.15) is 15.9 Å². The predicted octanol–water partition coefficient (Wildman–Crippen LogP) is 2.78. The van der Waals surface area contributed by atoms with Crippen molar-refractivity contribution < 1.29 is 17.6 Å². The van der Waals surface area contributed by atoms with Crippen molar-refractivity contribution in [2.24, 2.45) is 0 Å². The van der Waals surface area contributed by atoms with E-state index < -0.39 is 15.8 Å². The second-order valence-electron chi connectivity index (χ2n) is 5.62. The maximum absolute atomic E-state index is 13.9. The van der Waals surface area contributed by atoms with Gasteiger partial charge < -0.3 is 4.90 Å². The van der Waals surface area contributed by atoms with Crippen molar-refractivity contribution in [3.63, 3.8) is 0 Å². The zero-order valence-electron chi connectivity index (χ0n) is 13.4. The predicted molar refractivity (Wildman–Crippen MR) is 98.0 cm³/mol. The lowest BCUT2D eigenvalue weighted by atomic mass is 10.2. The first kappa shape index (κ1) is 19.2. The molecule has 0 unspecified atom stereocenters. The van der Waals surface area contributed by atoms with Gasteiger partial charge in [0.15, 0.2) is 0 Å². The van der Waals surface area contributed by atoms with Crippen LogP contribution in [0.5, 0.6) is 0 Å². The molecule has 0 atom stereocenters. The molecule has 6 nitrogen and oxygen atoms in total. The summed E-state index contributed by atoms with van der Waals surface area (Å²) >= 11 is 9.22. The van der Waals surface area contributed by atoms with E-state index in [2.05, 4.69) is 20.9 Å². The lowest BCUT2D eigenvalue weighted by Crippen LogP contribution is -2.50. The number of piperazine rings is 1. The van der Waals surface area contributed by atoms with Gasteiger partial charge in [0.05, 0.1) is 5.56 Å². The van der Waals surface area contributed by atoms with Crippen LogP contribution in [0.3, 0.4) is 0 Å². The molecular weight excluding hydrogens is 449 g/mol. The fourth-order valence-corrected chi connectivity index (χ4v) is 4.67. The average molecular weight is 463 g/mol. The van der Waals surface area contributed by atoms with E-state index in [0.717, 1.165) is 6.07 Å².